The van der Waals surface area contributed by atoms with Gasteiger partial charge >= 0.3 is 0 Å². The van der Waals surface area contributed by atoms with Crippen molar-refractivity contribution in [3.8, 4) is 0 Å². The largest absolute Gasteiger partial charge is 0.306 e. The Balaban J connectivity index is 2.23. The van der Waals surface area contributed by atoms with Crippen molar-refractivity contribution in [2.24, 2.45) is 0 Å². The number of hydrogen-bond donors (Lipinski definition) is 1. The maximum absolute atomic E-state index is 3.58. The van der Waals surface area contributed by atoms with E-state index in [9.17, 15) is 0 Å². The lowest BCUT2D eigenvalue weighted by Gasteiger charge is -2.17. The van der Waals surface area contributed by atoms with Gasteiger partial charge in [0.25, 0.3) is 0 Å². The second-order valence-corrected chi connectivity index (χ2v) is 7.10. The quantitative estimate of drug-likeness (QED) is 0.762. The fourth-order valence-electron chi connectivity index (χ4n) is 2.12. The van der Waals surface area contributed by atoms with E-state index in [1.807, 2.05) is 23.1 Å². The first-order valence-corrected chi connectivity index (χ1v) is 8.57. The molecule has 1 atom stereocenters. The number of thioether (sulfide) groups is 1. The number of hydrogen-bond acceptors (Lipinski definition) is 3. The highest BCUT2D eigenvalue weighted by atomic mass is 32.2. The van der Waals surface area contributed by atoms with Crippen LogP contribution in [0.3, 0.4) is 0 Å². The standard InChI is InChI=1S/C16H21NS2/c1-4-17-16(15-11-6-12(3)19-15)13-7-9-14(10-8-13)18-5-2/h6-11,16-17H,4-5H2,1-3H3. The van der Waals surface area contributed by atoms with E-state index in [0.29, 0.717) is 6.04 Å². The number of benzene rings is 1. The molecule has 0 fully saturated rings. The van der Waals surface area contributed by atoms with E-state index in [1.54, 1.807) is 0 Å². The summed E-state index contributed by atoms with van der Waals surface area (Å²) in [5.41, 5.74) is 1.35. The van der Waals surface area contributed by atoms with Crippen molar-refractivity contribution in [3.63, 3.8) is 0 Å². The summed E-state index contributed by atoms with van der Waals surface area (Å²) in [5.74, 6) is 1.13. The molecule has 0 bridgehead atoms. The molecule has 1 heterocycles. The summed E-state index contributed by atoms with van der Waals surface area (Å²) in [4.78, 5) is 4.12. The number of aryl methyl sites for hydroxylation is 1. The van der Waals surface area contributed by atoms with Crippen molar-refractivity contribution in [1.29, 1.82) is 0 Å². The summed E-state index contributed by atoms with van der Waals surface area (Å²) < 4.78 is 0. The van der Waals surface area contributed by atoms with Crippen LogP contribution in [0.25, 0.3) is 0 Å². The first kappa shape index (κ1) is 14.6. The average Bonchev–Trinajstić information content (AvgIpc) is 2.84. The molecule has 0 saturated heterocycles. The third kappa shape index (κ3) is 3.85. The van der Waals surface area contributed by atoms with Crippen LogP contribution >= 0.6 is 23.1 Å². The first-order valence-electron chi connectivity index (χ1n) is 6.77. The summed E-state index contributed by atoms with van der Waals surface area (Å²) in [5, 5.41) is 3.58. The minimum atomic E-state index is 0.323. The van der Waals surface area contributed by atoms with Crippen molar-refractivity contribution in [2.75, 3.05) is 12.3 Å². The Morgan fingerprint density at radius 2 is 1.84 bits per heavy atom. The summed E-state index contributed by atoms with van der Waals surface area (Å²) in [6.07, 6.45) is 0. The van der Waals surface area contributed by atoms with Gasteiger partial charge < -0.3 is 5.32 Å². The van der Waals surface area contributed by atoms with Crippen molar-refractivity contribution in [2.45, 2.75) is 31.7 Å². The van der Waals surface area contributed by atoms with E-state index in [-0.39, 0.29) is 0 Å². The molecule has 0 saturated carbocycles. The van der Waals surface area contributed by atoms with Crippen molar-refractivity contribution in [1.82, 2.24) is 5.32 Å². The van der Waals surface area contributed by atoms with E-state index >= 15 is 0 Å². The van der Waals surface area contributed by atoms with E-state index in [0.717, 1.165) is 12.3 Å². The van der Waals surface area contributed by atoms with Gasteiger partial charge in [-0.2, -0.15) is 0 Å². The molecule has 0 spiro atoms. The molecule has 1 aromatic heterocycles. The maximum atomic E-state index is 3.58. The van der Waals surface area contributed by atoms with Crippen LogP contribution in [0.1, 0.15) is 35.2 Å². The molecule has 0 amide bonds. The SMILES string of the molecule is CCNC(c1ccc(SCC)cc1)c1ccc(C)s1. The van der Waals surface area contributed by atoms with Gasteiger partial charge in [-0.1, -0.05) is 26.0 Å². The average molecular weight is 291 g/mol. The van der Waals surface area contributed by atoms with Crippen LogP contribution in [0.15, 0.2) is 41.3 Å². The van der Waals surface area contributed by atoms with Crippen LogP contribution < -0.4 is 5.32 Å². The van der Waals surface area contributed by atoms with Crippen LogP contribution in [0.2, 0.25) is 0 Å². The third-order valence-electron chi connectivity index (χ3n) is 2.98. The Morgan fingerprint density at radius 3 is 2.37 bits per heavy atom. The molecule has 1 N–H and O–H groups in total. The highest BCUT2D eigenvalue weighted by Gasteiger charge is 2.14. The Bertz CT molecular complexity index is 502. The molecular formula is C16H21NS2. The summed E-state index contributed by atoms with van der Waals surface area (Å²) in [7, 11) is 0. The third-order valence-corrected chi connectivity index (χ3v) is 4.94. The first-order chi connectivity index (χ1) is 9.24. The molecule has 1 unspecified atom stereocenters. The van der Waals surface area contributed by atoms with Crippen molar-refractivity contribution < 1.29 is 0 Å². The lowest BCUT2D eigenvalue weighted by molar-refractivity contribution is 0.639. The zero-order chi connectivity index (χ0) is 13.7. The number of thiophene rings is 1. The molecule has 0 aliphatic heterocycles. The summed E-state index contributed by atoms with van der Waals surface area (Å²) in [6.45, 7) is 7.49. The van der Waals surface area contributed by atoms with Gasteiger partial charge in [0.1, 0.15) is 0 Å². The second kappa shape index (κ2) is 7.13. The van der Waals surface area contributed by atoms with Gasteiger partial charge in [0.2, 0.25) is 0 Å². The zero-order valence-corrected chi connectivity index (χ0v) is 13.4. The van der Waals surface area contributed by atoms with Gasteiger partial charge in [-0.3, -0.25) is 0 Å². The minimum Gasteiger partial charge on any atom is -0.306 e. The van der Waals surface area contributed by atoms with Crippen molar-refractivity contribution in [3.05, 3.63) is 51.7 Å². The van der Waals surface area contributed by atoms with E-state index < -0.39 is 0 Å². The molecule has 0 aliphatic carbocycles. The van der Waals surface area contributed by atoms with Crippen LogP contribution in [0, 0.1) is 6.92 Å². The molecule has 1 nitrogen and oxygen atoms in total. The van der Waals surface area contributed by atoms with Gasteiger partial charge in [-0.15, -0.1) is 23.1 Å². The van der Waals surface area contributed by atoms with Crippen LogP contribution in [0.5, 0.6) is 0 Å². The van der Waals surface area contributed by atoms with Gasteiger partial charge in [0, 0.05) is 14.6 Å². The minimum absolute atomic E-state index is 0.323. The Kier molecular flexibility index (Phi) is 5.49. The Hall–Kier alpha value is -0.770. The summed E-state index contributed by atoms with van der Waals surface area (Å²) >= 11 is 3.77. The van der Waals surface area contributed by atoms with Crippen LogP contribution in [-0.4, -0.2) is 12.3 Å². The fourth-order valence-corrected chi connectivity index (χ4v) is 3.76. The smallest absolute Gasteiger partial charge is 0.0671 e. The molecular weight excluding hydrogens is 270 g/mol. The topological polar surface area (TPSA) is 12.0 Å². The Labute approximate surface area is 124 Å². The molecule has 102 valence electrons. The molecule has 2 aromatic rings. The molecule has 0 radical (unpaired) electrons. The lowest BCUT2D eigenvalue weighted by Crippen LogP contribution is -2.20. The number of rotatable bonds is 6. The van der Waals surface area contributed by atoms with Crippen molar-refractivity contribution >= 4 is 23.1 Å². The van der Waals surface area contributed by atoms with Gasteiger partial charge in [-0.05, 0) is 49.1 Å². The highest BCUT2D eigenvalue weighted by molar-refractivity contribution is 7.99. The maximum Gasteiger partial charge on any atom is 0.0671 e. The van der Waals surface area contributed by atoms with E-state index in [1.165, 1.54) is 20.2 Å². The number of nitrogens with one attached hydrogen (secondary N) is 1. The van der Waals surface area contributed by atoms with E-state index in [2.05, 4.69) is 62.5 Å². The van der Waals surface area contributed by atoms with Gasteiger partial charge in [0.15, 0.2) is 0 Å². The Morgan fingerprint density at radius 1 is 1.11 bits per heavy atom. The fraction of sp³-hybridized carbons (Fsp3) is 0.375. The van der Waals surface area contributed by atoms with Crippen LogP contribution in [-0.2, 0) is 0 Å². The summed E-state index contributed by atoms with van der Waals surface area (Å²) in [6, 6.07) is 13.7. The second-order valence-electron chi connectivity index (χ2n) is 4.44. The van der Waals surface area contributed by atoms with Gasteiger partial charge in [-0.25, -0.2) is 0 Å². The van der Waals surface area contributed by atoms with Crippen LogP contribution in [0.4, 0.5) is 0 Å². The highest BCUT2D eigenvalue weighted by Crippen LogP contribution is 2.29. The van der Waals surface area contributed by atoms with Gasteiger partial charge in [0.05, 0.1) is 6.04 Å². The molecule has 19 heavy (non-hydrogen) atoms. The molecule has 2 rings (SSSR count). The zero-order valence-electron chi connectivity index (χ0n) is 11.8. The van der Waals surface area contributed by atoms with E-state index in [4.69, 9.17) is 0 Å². The predicted molar refractivity (Wildman–Crippen MR) is 87.4 cm³/mol. The molecule has 3 heteroatoms. The monoisotopic (exact) mass is 291 g/mol. The lowest BCUT2D eigenvalue weighted by atomic mass is 10.1. The predicted octanol–water partition coefficient (Wildman–Crippen LogP) is 4.87. The molecule has 0 aliphatic rings. The molecule has 1 aromatic carbocycles. The normalized spacial score (nSPS) is 12.6.